The van der Waals surface area contributed by atoms with Crippen molar-refractivity contribution in [2.75, 3.05) is 24.3 Å². The Hall–Kier alpha value is -2.82. The average Bonchev–Trinajstić information content (AvgIpc) is 2.94. The van der Waals surface area contributed by atoms with E-state index in [2.05, 4.69) is 15.3 Å². The van der Waals surface area contributed by atoms with E-state index >= 15 is 0 Å². The van der Waals surface area contributed by atoms with Gasteiger partial charge in [-0.2, -0.15) is 0 Å². The fourth-order valence-electron chi connectivity index (χ4n) is 2.27. The first-order chi connectivity index (χ1) is 10.1. The van der Waals surface area contributed by atoms with Crippen LogP contribution in [0, 0.1) is 0 Å². The standard InChI is InChI=1S/C16H16N4O/c1-20(2)15-6-4-3-5-12(15)16(21)19-11-7-8-13-14(9-11)18-10-17-13/h3-10H,1-2H3,(H,17,18)(H,19,21). The molecule has 0 bridgehead atoms. The lowest BCUT2D eigenvalue weighted by atomic mass is 10.1. The summed E-state index contributed by atoms with van der Waals surface area (Å²) >= 11 is 0. The van der Waals surface area contributed by atoms with E-state index < -0.39 is 0 Å². The number of nitrogens with zero attached hydrogens (tertiary/aromatic N) is 2. The molecule has 2 aromatic carbocycles. The minimum absolute atomic E-state index is 0.127. The summed E-state index contributed by atoms with van der Waals surface area (Å²) < 4.78 is 0. The van der Waals surface area contributed by atoms with E-state index in [-0.39, 0.29) is 5.91 Å². The molecule has 0 unspecified atom stereocenters. The molecule has 1 aromatic heterocycles. The number of hydrogen-bond donors (Lipinski definition) is 2. The summed E-state index contributed by atoms with van der Waals surface area (Å²) in [4.78, 5) is 21.6. The Kier molecular flexibility index (Phi) is 3.31. The zero-order valence-corrected chi connectivity index (χ0v) is 11.9. The number of aromatic amines is 1. The van der Waals surface area contributed by atoms with Gasteiger partial charge in [-0.1, -0.05) is 12.1 Å². The molecule has 1 amide bonds. The maximum absolute atomic E-state index is 12.5. The van der Waals surface area contributed by atoms with Crippen molar-refractivity contribution in [3.05, 3.63) is 54.4 Å². The molecule has 5 heteroatoms. The quantitative estimate of drug-likeness (QED) is 0.775. The van der Waals surface area contributed by atoms with Gasteiger partial charge in [0.25, 0.3) is 5.91 Å². The molecule has 0 saturated carbocycles. The first-order valence-electron chi connectivity index (χ1n) is 6.66. The number of carbonyl (C=O) groups is 1. The van der Waals surface area contributed by atoms with Crippen LogP contribution < -0.4 is 10.2 Å². The van der Waals surface area contributed by atoms with Crippen molar-refractivity contribution < 1.29 is 4.79 Å². The molecule has 5 nitrogen and oxygen atoms in total. The summed E-state index contributed by atoms with van der Waals surface area (Å²) in [5, 5.41) is 2.92. The predicted octanol–water partition coefficient (Wildman–Crippen LogP) is 2.88. The van der Waals surface area contributed by atoms with Crippen LogP contribution in [0.15, 0.2) is 48.8 Å². The zero-order valence-electron chi connectivity index (χ0n) is 11.9. The van der Waals surface area contributed by atoms with E-state index in [4.69, 9.17) is 0 Å². The molecule has 0 fully saturated rings. The Morgan fingerprint density at radius 1 is 1.19 bits per heavy atom. The number of nitrogens with one attached hydrogen (secondary N) is 2. The van der Waals surface area contributed by atoms with Crippen LogP contribution in [0.25, 0.3) is 11.0 Å². The number of H-pyrrole nitrogens is 1. The van der Waals surface area contributed by atoms with Crippen LogP contribution in [0.3, 0.4) is 0 Å². The monoisotopic (exact) mass is 280 g/mol. The Labute approximate surface area is 122 Å². The summed E-state index contributed by atoms with van der Waals surface area (Å²) in [5.41, 5.74) is 4.05. The van der Waals surface area contributed by atoms with Gasteiger partial charge in [0.15, 0.2) is 0 Å². The van der Waals surface area contributed by atoms with Crippen LogP contribution in [-0.4, -0.2) is 30.0 Å². The van der Waals surface area contributed by atoms with Crippen molar-refractivity contribution in [2.45, 2.75) is 0 Å². The van der Waals surface area contributed by atoms with Gasteiger partial charge in [0, 0.05) is 25.5 Å². The van der Waals surface area contributed by atoms with Crippen LogP contribution in [0.2, 0.25) is 0 Å². The van der Waals surface area contributed by atoms with E-state index in [1.54, 1.807) is 6.33 Å². The molecule has 21 heavy (non-hydrogen) atoms. The van der Waals surface area contributed by atoms with Gasteiger partial charge in [0.1, 0.15) is 0 Å². The SMILES string of the molecule is CN(C)c1ccccc1C(=O)Nc1ccc2nc[nH]c2c1. The smallest absolute Gasteiger partial charge is 0.257 e. The number of amides is 1. The van der Waals surface area contributed by atoms with Crippen molar-refractivity contribution in [3.63, 3.8) is 0 Å². The van der Waals surface area contributed by atoms with Gasteiger partial charge >= 0.3 is 0 Å². The molecule has 0 spiro atoms. The summed E-state index contributed by atoms with van der Waals surface area (Å²) in [6.45, 7) is 0. The third kappa shape index (κ3) is 2.58. The molecule has 1 heterocycles. The second kappa shape index (κ2) is 5.28. The third-order valence-corrected chi connectivity index (χ3v) is 3.31. The fourth-order valence-corrected chi connectivity index (χ4v) is 2.27. The van der Waals surface area contributed by atoms with Gasteiger partial charge in [-0.15, -0.1) is 0 Å². The maximum atomic E-state index is 12.5. The van der Waals surface area contributed by atoms with Crippen molar-refractivity contribution in [1.82, 2.24) is 9.97 Å². The van der Waals surface area contributed by atoms with Gasteiger partial charge < -0.3 is 15.2 Å². The van der Waals surface area contributed by atoms with Gasteiger partial charge in [0.2, 0.25) is 0 Å². The lowest BCUT2D eigenvalue weighted by molar-refractivity contribution is 0.102. The Balaban J connectivity index is 1.89. The molecule has 0 aliphatic carbocycles. The second-order valence-electron chi connectivity index (χ2n) is 5.00. The van der Waals surface area contributed by atoms with E-state index in [0.29, 0.717) is 5.56 Å². The Morgan fingerprint density at radius 2 is 2.00 bits per heavy atom. The number of carbonyl (C=O) groups excluding carboxylic acids is 1. The molecule has 3 rings (SSSR count). The fraction of sp³-hybridized carbons (Fsp3) is 0.125. The van der Waals surface area contributed by atoms with Crippen molar-refractivity contribution in [2.24, 2.45) is 0 Å². The minimum Gasteiger partial charge on any atom is -0.377 e. The molecule has 3 aromatic rings. The number of hydrogen-bond acceptors (Lipinski definition) is 3. The maximum Gasteiger partial charge on any atom is 0.257 e. The Morgan fingerprint density at radius 3 is 2.81 bits per heavy atom. The minimum atomic E-state index is -0.127. The third-order valence-electron chi connectivity index (χ3n) is 3.31. The van der Waals surface area contributed by atoms with E-state index in [1.807, 2.05) is 61.5 Å². The number of aromatic nitrogens is 2. The van der Waals surface area contributed by atoms with Gasteiger partial charge in [-0.3, -0.25) is 4.79 Å². The first kappa shape index (κ1) is 13.2. The molecule has 0 radical (unpaired) electrons. The average molecular weight is 280 g/mol. The van der Waals surface area contributed by atoms with Crippen LogP contribution in [0.4, 0.5) is 11.4 Å². The lowest BCUT2D eigenvalue weighted by Crippen LogP contribution is -2.18. The largest absolute Gasteiger partial charge is 0.377 e. The van der Waals surface area contributed by atoms with Gasteiger partial charge in [0.05, 0.1) is 22.9 Å². The van der Waals surface area contributed by atoms with Crippen molar-refractivity contribution in [3.8, 4) is 0 Å². The summed E-state index contributed by atoms with van der Waals surface area (Å²) in [6, 6.07) is 13.1. The zero-order chi connectivity index (χ0) is 14.8. The molecule has 0 saturated heterocycles. The summed E-state index contributed by atoms with van der Waals surface area (Å²) in [7, 11) is 3.84. The Bertz CT molecular complexity index is 792. The summed E-state index contributed by atoms with van der Waals surface area (Å²) in [6.07, 6.45) is 1.64. The van der Waals surface area contributed by atoms with Crippen LogP contribution in [0.1, 0.15) is 10.4 Å². The van der Waals surface area contributed by atoms with E-state index in [9.17, 15) is 4.79 Å². The molecule has 2 N–H and O–H groups in total. The van der Waals surface area contributed by atoms with Gasteiger partial charge in [-0.05, 0) is 30.3 Å². The molecule has 0 aliphatic heterocycles. The van der Waals surface area contributed by atoms with Crippen LogP contribution >= 0.6 is 0 Å². The molecular weight excluding hydrogens is 264 g/mol. The van der Waals surface area contributed by atoms with Crippen LogP contribution in [-0.2, 0) is 0 Å². The lowest BCUT2D eigenvalue weighted by Gasteiger charge is -2.16. The van der Waals surface area contributed by atoms with Crippen LogP contribution in [0.5, 0.6) is 0 Å². The topological polar surface area (TPSA) is 61.0 Å². The van der Waals surface area contributed by atoms with E-state index in [1.165, 1.54) is 0 Å². The molecular formula is C16H16N4O. The number of anilines is 2. The van der Waals surface area contributed by atoms with E-state index in [0.717, 1.165) is 22.4 Å². The normalized spacial score (nSPS) is 10.6. The highest BCUT2D eigenvalue weighted by molar-refractivity contribution is 6.08. The number of para-hydroxylation sites is 1. The summed E-state index contributed by atoms with van der Waals surface area (Å²) in [5.74, 6) is -0.127. The first-order valence-corrected chi connectivity index (χ1v) is 6.66. The van der Waals surface area contributed by atoms with Gasteiger partial charge in [-0.25, -0.2) is 4.98 Å². The molecule has 0 aliphatic rings. The predicted molar refractivity (Wildman–Crippen MR) is 84.8 cm³/mol. The molecule has 106 valence electrons. The number of fused-ring (bicyclic) bond motifs is 1. The second-order valence-corrected chi connectivity index (χ2v) is 5.00. The highest BCUT2D eigenvalue weighted by Gasteiger charge is 2.12. The van der Waals surface area contributed by atoms with Crippen molar-refractivity contribution in [1.29, 1.82) is 0 Å². The number of imidazole rings is 1. The molecule has 0 atom stereocenters. The van der Waals surface area contributed by atoms with Crippen molar-refractivity contribution >= 4 is 28.3 Å². The highest BCUT2D eigenvalue weighted by Crippen LogP contribution is 2.21. The highest BCUT2D eigenvalue weighted by atomic mass is 16.1. The number of benzene rings is 2. The number of rotatable bonds is 3.